The third-order valence-corrected chi connectivity index (χ3v) is 11.5. The summed E-state index contributed by atoms with van der Waals surface area (Å²) in [6.45, 7) is 13.4. The molecule has 0 radical (unpaired) electrons. The molecule has 6 atom stereocenters. The van der Waals surface area contributed by atoms with E-state index in [1.54, 1.807) is 6.92 Å². The van der Waals surface area contributed by atoms with Gasteiger partial charge in [0.15, 0.2) is 0 Å². The second-order valence-electron chi connectivity index (χ2n) is 14.9. The van der Waals surface area contributed by atoms with Crippen LogP contribution in [-0.2, 0) is 27.2 Å². The standard InChI is InChI=1S/C20H27N3O.C20H26N2O2/c1-3-7-23-12-14(10-21-13(2)24)8-17-16-5-4-6-18-20(16)15(11-22-18)9-19(17)23;1-3-7-22-11-14(12-24-13(2)23)8-17-16-5-4-6-18-20(16)15(10-21-18)9-19(17)22/h4-6,11,14,17,19,22H,3,7-10,12H2,1-2H3,(H,21,24);4-6,10,14,17,19,21H,3,7-9,11-12H2,1-2H3/t14-,17+,19+;14-,17-,19-/m01/s1. The van der Waals surface area contributed by atoms with Crippen molar-refractivity contribution >= 4 is 33.7 Å². The van der Waals surface area contributed by atoms with E-state index in [-0.39, 0.29) is 11.9 Å². The molecule has 48 heavy (non-hydrogen) atoms. The summed E-state index contributed by atoms with van der Waals surface area (Å²) in [5.74, 6) is 2.00. The van der Waals surface area contributed by atoms with E-state index in [0.717, 1.165) is 58.4 Å². The van der Waals surface area contributed by atoms with Crippen LogP contribution in [0.5, 0.6) is 0 Å². The topological polar surface area (TPSA) is 93.5 Å². The van der Waals surface area contributed by atoms with Crippen LogP contribution in [0.1, 0.15) is 87.5 Å². The maximum Gasteiger partial charge on any atom is 0.302 e. The Morgan fingerprint density at radius 3 is 1.81 bits per heavy atom. The highest BCUT2D eigenvalue weighted by molar-refractivity contribution is 5.89. The zero-order valence-corrected chi connectivity index (χ0v) is 29.2. The molecule has 2 aliphatic carbocycles. The van der Waals surface area contributed by atoms with Gasteiger partial charge in [-0.05, 0) is 91.9 Å². The third kappa shape index (κ3) is 6.41. The lowest BCUT2D eigenvalue weighted by molar-refractivity contribution is -0.143. The molecule has 2 aliphatic heterocycles. The van der Waals surface area contributed by atoms with Crippen molar-refractivity contribution in [1.82, 2.24) is 25.1 Å². The van der Waals surface area contributed by atoms with Gasteiger partial charge in [-0.15, -0.1) is 0 Å². The van der Waals surface area contributed by atoms with Crippen molar-refractivity contribution in [3.05, 3.63) is 71.0 Å². The number of piperidine rings is 2. The highest BCUT2D eigenvalue weighted by atomic mass is 16.5. The molecule has 0 spiro atoms. The van der Waals surface area contributed by atoms with Crippen molar-refractivity contribution in [2.24, 2.45) is 11.8 Å². The molecule has 2 aromatic carbocycles. The van der Waals surface area contributed by atoms with E-state index in [2.05, 4.69) is 87.7 Å². The molecule has 8 rings (SSSR count). The summed E-state index contributed by atoms with van der Waals surface area (Å²) in [5, 5.41) is 5.93. The van der Waals surface area contributed by atoms with Crippen LogP contribution in [-0.4, -0.2) is 83.1 Å². The number of carbonyl (C=O) groups is 2. The van der Waals surface area contributed by atoms with Gasteiger partial charge in [-0.3, -0.25) is 19.4 Å². The molecule has 1 amide bonds. The Bertz CT molecular complexity index is 1630. The van der Waals surface area contributed by atoms with Gasteiger partial charge in [-0.2, -0.15) is 0 Å². The largest absolute Gasteiger partial charge is 0.466 e. The second-order valence-corrected chi connectivity index (χ2v) is 14.9. The maximum absolute atomic E-state index is 11.3. The van der Waals surface area contributed by atoms with E-state index < -0.39 is 0 Å². The molecule has 0 bridgehead atoms. The van der Waals surface area contributed by atoms with Gasteiger partial charge >= 0.3 is 5.97 Å². The van der Waals surface area contributed by atoms with Crippen molar-refractivity contribution in [1.29, 1.82) is 0 Å². The summed E-state index contributed by atoms with van der Waals surface area (Å²) < 4.78 is 5.34. The summed E-state index contributed by atoms with van der Waals surface area (Å²) in [4.78, 5) is 34.8. The molecule has 4 heterocycles. The first-order valence-corrected chi connectivity index (χ1v) is 18.4. The molecule has 2 saturated heterocycles. The number of hydrogen-bond acceptors (Lipinski definition) is 5. The van der Waals surface area contributed by atoms with E-state index >= 15 is 0 Å². The summed E-state index contributed by atoms with van der Waals surface area (Å²) in [6.07, 6.45) is 11.3. The van der Waals surface area contributed by atoms with Gasteiger partial charge in [-0.25, -0.2) is 0 Å². The molecule has 8 nitrogen and oxygen atoms in total. The molecular weight excluding hydrogens is 598 g/mol. The molecule has 4 aliphatic rings. The zero-order valence-electron chi connectivity index (χ0n) is 29.2. The molecule has 0 saturated carbocycles. The van der Waals surface area contributed by atoms with Crippen LogP contribution >= 0.6 is 0 Å². The van der Waals surface area contributed by atoms with E-state index in [0.29, 0.717) is 42.4 Å². The number of rotatable bonds is 8. The van der Waals surface area contributed by atoms with Crippen molar-refractivity contribution in [3.63, 3.8) is 0 Å². The maximum atomic E-state index is 11.3. The lowest BCUT2D eigenvalue weighted by Crippen LogP contribution is -2.52. The number of fused-ring (bicyclic) bond motifs is 4. The number of ether oxygens (including phenoxy) is 1. The van der Waals surface area contributed by atoms with E-state index in [1.165, 1.54) is 63.8 Å². The lowest BCUT2D eigenvalue weighted by Gasteiger charge is -2.47. The number of nitrogens with one attached hydrogen (secondary N) is 3. The van der Waals surface area contributed by atoms with Crippen LogP contribution < -0.4 is 5.32 Å². The Kier molecular flexibility index (Phi) is 9.65. The zero-order chi connectivity index (χ0) is 33.4. The van der Waals surface area contributed by atoms with Crippen LogP contribution in [0.25, 0.3) is 21.8 Å². The SMILES string of the molecule is CCCN1C[C@H](CNC(C)=O)C[C@@H]2c3cccc4[nH]cc(c34)C[C@H]21.CCCN1C[C@H](COC(C)=O)C[C@@H]2c3cccc4[nH]cc(c34)C[C@H]21. The fourth-order valence-electron chi connectivity index (χ4n) is 9.68. The summed E-state index contributed by atoms with van der Waals surface area (Å²) in [5.41, 5.74) is 8.45. The molecule has 2 fully saturated rings. The first-order valence-electron chi connectivity index (χ1n) is 18.4. The third-order valence-electron chi connectivity index (χ3n) is 11.5. The Labute approximate surface area is 285 Å². The molecule has 256 valence electrons. The number of esters is 1. The minimum atomic E-state index is -0.169. The van der Waals surface area contributed by atoms with Crippen LogP contribution in [0.15, 0.2) is 48.8 Å². The molecular formula is C40H53N5O3. The Morgan fingerprint density at radius 2 is 1.31 bits per heavy atom. The minimum Gasteiger partial charge on any atom is -0.466 e. The number of aromatic nitrogens is 2. The van der Waals surface area contributed by atoms with Crippen LogP contribution in [0.3, 0.4) is 0 Å². The molecule has 4 aromatic rings. The van der Waals surface area contributed by atoms with Crippen molar-refractivity contribution in [2.75, 3.05) is 39.3 Å². The number of H-pyrrole nitrogens is 2. The predicted octanol–water partition coefficient (Wildman–Crippen LogP) is 6.52. The average Bonchev–Trinajstić information content (AvgIpc) is 3.70. The Balaban J connectivity index is 0.000000152. The normalized spacial score (nSPS) is 26.3. The van der Waals surface area contributed by atoms with Gasteiger partial charge in [0, 0.05) is 97.5 Å². The van der Waals surface area contributed by atoms with Crippen LogP contribution in [0.4, 0.5) is 0 Å². The molecule has 3 N–H and O–H groups in total. The van der Waals surface area contributed by atoms with Gasteiger partial charge in [0.1, 0.15) is 0 Å². The van der Waals surface area contributed by atoms with Crippen molar-refractivity contribution in [3.8, 4) is 0 Å². The van der Waals surface area contributed by atoms with Crippen LogP contribution in [0, 0.1) is 11.8 Å². The first-order chi connectivity index (χ1) is 23.3. The number of hydrogen-bond donors (Lipinski definition) is 3. The number of amides is 1. The van der Waals surface area contributed by atoms with Crippen LogP contribution in [0.2, 0.25) is 0 Å². The second kappa shape index (κ2) is 14.1. The fourth-order valence-corrected chi connectivity index (χ4v) is 9.68. The molecule has 2 aromatic heterocycles. The van der Waals surface area contributed by atoms with Gasteiger partial charge in [0.25, 0.3) is 0 Å². The highest BCUT2D eigenvalue weighted by Gasteiger charge is 2.42. The number of nitrogens with zero attached hydrogens (tertiary/aromatic N) is 2. The molecule has 0 unspecified atom stereocenters. The van der Waals surface area contributed by atoms with E-state index in [4.69, 9.17) is 4.74 Å². The molecule has 8 heteroatoms. The summed E-state index contributed by atoms with van der Waals surface area (Å²) >= 11 is 0. The quantitative estimate of drug-likeness (QED) is 0.189. The first kappa shape index (κ1) is 32.9. The summed E-state index contributed by atoms with van der Waals surface area (Å²) in [6, 6.07) is 14.5. The van der Waals surface area contributed by atoms with Crippen molar-refractivity contribution in [2.45, 2.75) is 90.1 Å². The summed E-state index contributed by atoms with van der Waals surface area (Å²) in [7, 11) is 0. The minimum absolute atomic E-state index is 0.0813. The highest BCUT2D eigenvalue weighted by Crippen LogP contribution is 2.46. The van der Waals surface area contributed by atoms with Gasteiger partial charge in [-0.1, -0.05) is 38.1 Å². The van der Waals surface area contributed by atoms with E-state index in [1.807, 2.05) is 0 Å². The number of benzene rings is 2. The van der Waals surface area contributed by atoms with Gasteiger partial charge in [0.05, 0.1) is 6.61 Å². The number of carbonyl (C=O) groups excluding carboxylic acids is 2. The smallest absolute Gasteiger partial charge is 0.302 e. The predicted molar refractivity (Wildman–Crippen MR) is 192 cm³/mol. The Hall–Kier alpha value is -3.62. The van der Waals surface area contributed by atoms with Crippen molar-refractivity contribution < 1.29 is 14.3 Å². The van der Waals surface area contributed by atoms with Gasteiger partial charge in [0.2, 0.25) is 5.91 Å². The average molecular weight is 652 g/mol. The lowest BCUT2D eigenvalue weighted by atomic mass is 9.72. The van der Waals surface area contributed by atoms with E-state index in [9.17, 15) is 9.59 Å². The fraction of sp³-hybridized carbons (Fsp3) is 0.550. The Morgan fingerprint density at radius 1 is 0.792 bits per heavy atom. The monoisotopic (exact) mass is 651 g/mol. The number of aromatic amines is 2. The number of likely N-dealkylation sites (tertiary alicyclic amines) is 2. The van der Waals surface area contributed by atoms with Gasteiger partial charge < -0.3 is 20.0 Å².